The smallest absolute Gasteiger partial charge is 0.230 e. The minimum absolute atomic E-state index is 0.0285. The maximum Gasteiger partial charge on any atom is 0.230 e. The molecule has 0 bridgehead atoms. The van der Waals surface area contributed by atoms with E-state index in [4.69, 9.17) is 0 Å². The zero-order valence-electron chi connectivity index (χ0n) is 13.7. The summed E-state index contributed by atoms with van der Waals surface area (Å²) in [6, 6.07) is 10.8. The Labute approximate surface area is 128 Å². The van der Waals surface area contributed by atoms with E-state index in [1.165, 1.54) is 0 Å². The molecule has 0 aliphatic carbocycles. The number of amides is 1. The number of nitrogens with one attached hydrogen (secondary N) is 1. The molecule has 0 saturated carbocycles. The molecule has 1 amide bonds. The van der Waals surface area contributed by atoms with Crippen molar-refractivity contribution >= 4 is 5.91 Å². The molecule has 3 nitrogen and oxygen atoms in total. The van der Waals surface area contributed by atoms with Crippen molar-refractivity contribution in [3.8, 4) is 0 Å². The minimum Gasteiger partial charge on any atom is -0.334 e. The van der Waals surface area contributed by atoms with Crippen molar-refractivity contribution in [2.45, 2.75) is 52.1 Å². The first-order valence-corrected chi connectivity index (χ1v) is 8.14. The van der Waals surface area contributed by atoms with Gasteiger partial charge in [-0.2, -0.15) is 0 Å². The molecule has 2 rings (SSSR count). The van der Waals surface area contributed by atoms with Crippen LogP contribution in [0.25, 0.3) is 0 Å². The highest BCUT2D eigenvalue weighted by Crippen LogP contribution is 2.30. The zero-order chi connectivity index (χ0) is 15.4. The number of piperazine rings is 1. The number of hydrogen-bond donors (Lipinski definition) is 1. The number of carbonyl (C=O) groups is 1. The van der Waals surface area contributed by atoms with Gasteiger partial charge in [0.05, 0.1) is 5.92 Å². The number of rotatable bonds is 4. The third-order valence-electron chi connectivity index (χ3n) is 4.72. The van der Waals surface area contributed by atoms with E-state index in [9.17, 15) is 4.79 Å². The molecule has 4 unspecified atom stereocenters. The van der Waals surface area contributed by atoms with E-state index in [0.717, 1.165) is 25.1 Å². The number of carbonyl (C=O) groups excluding carboxylic acids is 1. The van der Waals surface area contributed by atoms with E-state index in [-0.39, 0.29) is 23.9 Å². The molecule has 1 aromatic carbocycles. The molecule has 21 heavy (non-hydrogen) atoms. The Balaban J connectivity index is 2.30. The van der Waals surface area contributed by atoms with Crippen LogP contribution < -0.4 is 5.32 Å². The lowest BCUT2D eigenvalue weighted by Crippen LogP contribution is -2.58. The van der Waals surface area contributed by atoms with E-state index in [0.29, 0.717) is 5.92 Å². The maximum atomic E-state index is 13.2. The van der Waals surface area contributed by atoms with Crippen molar-refractivity contribution in [2.75, 3.05) is 13.1 Å². The average Bonchev–Trinajstić information content (AvgIpc) is 2.48. The van der Waals surface area contributed by atoms with E-state index in [2.05, 4.69) is 50.0 Å². The molecule has 0 radical (unpaired) electrons. The van der Waals surface area contributed by atoms with Crippen LogP contribution in [0.4, 0.5) is 0 Å². The average molecular weight is 288 g/mol. The van der Waals surface area contributed by atoms with Gasteiger partial charge in [0.1, 0.15) is 0 Å². The Bertz CT molecular complexity index is 450. The predicted octanol–water partition coefficient (Wildman–Crippen LogP) is 3.03. The molecular weight excluding hydrogens is 260 g/mol. The van der Waals surface area contributed by atoms with E-state index >= 15 is 0 Å². The molecule has 4 atom stereocenters. The number of hydrogen-bond acceptors (Lipinski definition) is 2. The Morgan fingerprint density at radius 3 is 2.33 bits per heavy atom. The summed E-state index contributed by atoms with van der Waals surface area (Å²) in [4.78, 5) is 15.3. The molecule has 1 aliphatic rings. The second-order valence-electron chi connectivity index (χ2n) is 6.38. The van der Waals surface area contributed by atoms with Gasteiger partial charge in [0.2, 0.25) is 5.91 Å². The lowest BCUT2D eigenvalue weighted by Gasteiger charge is -2.42. The highest BCUT2D eigenvalue weighted by atomic mass is 16.2. The molecule has 3 heteroatoms. The molecule has 1 fully saturated rings. The fourth-order valence-corrected chi connectivity index (χ4v) is 3.34. The first-order chi connectivity index (χ1) is 10.1. The van der Waals surface area contributed by atoms with Gasteiger partial charge >= 0.3 is 0 Å². The van der Waals surface area contributed by atoms with Crippen LogP contribution in [0.15, 0.2) is 30.3 Å². The van der Waals surface area contributed by atoms with Crippen LogP contribution in [0.5, 0.6) is 0 Å². The topological polar surface area (TPSA) is 32.3 Å². The molecule has 1 aromatic rings. The van der Waals surface area contributed by atoms with E-state index in [1.54, 1.807) is 0 Å². The highest BCUT2D eigenvalue weighted by molar-refractivity contribution is 5.84. The molecular formula is C18H28N2O. The van der Waals surface area contributed by atoms with Crippen molar-refractivity contribution in [1.29, 1.82) is 0 Å². The third-order valence-corrected chi connectivity index (χ3v) is 4.72. The summed E-state index contributed by atoms with van der Waals surface area (Å²) in [5, 5.41) is 3.40. The molecule has 0 spiro atoms. The second-order valence-corrected chi connectivity index (χ2v) is 6.38. The van der Waals surface area contributed by atoms with Crippen LogP contribution >= 0.6 is 0 Å². The summed E-state index contributed by atoms with van der Waals surface area (Å²) in [5.41, 5.74) is 1.15. The Kier molecular flexibility index (Phi) is 5.40. The van der Waals surface area contributed by atoms with E-state index < -0.39 is 0 Å². The van der Waals surface area contributed by atoms with Crippen LogP contribution in [0.2, 0.25) is 0 Å². The van der Waals surface area contributed by atoms with Crippen molar-refractivity contribution in [1.82, 2.24) is 10.2 Å². The van der Waals surface area contributed by atoms with E-state index in [1.807, 2.05) is 18.2 Å². The van der Waals surface area contributed by atoms with Crippen LogP contribution in [-0.2, 0) is 4.79 Å². The van der Waals surface area contributed by atoms with Gasteiger partial charge < -0.3 is 10.2 Å². The molecule has 0 aromatic heterocycles. The quantitative estimate of drug-likeness (QED) is 0.923. The normalized spacial score (nSPS) is 25.4. The van der Waals surface area contributed by atoms with Gasteiger partial charge in [-0.05, 0) is 25.3 Å². The maximum absolute atomic E-state index is 13.2. The monoisotopic (exact) mass is 288 g/mol. The molecule has 1 heterocycles. The minimum atomic E-state index is -0.0285. The Morgan fingerprint density at radius 2 is 1.81 bits per heavy atom. The molecule has 1 aliphatic heterocycles. The molecule has 116 valence electrons. The van der Waals surface area contributed by atoms with Crippen molar-refractivity contribution < 1.29 is 4.79 Å². The summed E-state index contributed by atoms with van der Waals surface area (Å²) in [7, 11) is 0. The van der Waals surface area contributed by atoms with Crippen LogP contribution in [0.1, 0.15) is 45.6 Å². The lowest BCUT2D eigenvalue weighted by atomic mass is 9.83. The van der Waals surface area contributed by atoms with Gasteiger partial charge in [-0.1, -0.05) is 50.6 Å². The number of nitrogens with zero attached hydrogens (tertiary/aromatic N) is 1. The SMILES string of the molecule is CCC(C)C(C(=O)N1C(C)CNCC1C)c1ccccc1. The van der Waals surface area contributed by atoms with Crippen molar-refractivity contribution in [2.24, 2.45) is 5.92 Å². The van der Waals surface area contributed by atoms with Gasteiger partial charge in [0.15, 0.2) is 0 Å². The number of benzene rings is 1. The Morgan fingerprint density at radius 1 is 1.24 bits per heavy atom. The van der Waals surface area contributed by atoms with Gasteiger partial charge in [0, 0.05) is 25.2 Å². The van der Waals surface area contributed by atoms with Crippen LogP contribution in [0.3, 0.4) is 0 Å². The van der Waals surface area contributed by atoms with Gasteiger partial charge in [-0.3, -0.25) is 4.79 Å². The molecule has 1 N–H and O–H groups in total. The summed E-state index contributed by atoms with van der Waals surface area (Å²) in [6.45, 7) is 10.4. The summed E-state index contributed by atoms with van der Waals surface area (Å²) < 4.78 is 0. The zero-order valence-corrected chi connectivity index (χ0v) is 13.7. The van der Waals surface area contributed by atoms with Gasteiger partial charge in [-0.25, -0.2) is 0 Å². The third kappa shape index (κ3) is 3.46. The fraction of sp³-hybridized carbons (Fsp3) is 0.611. The Hall–Kier alpha value is -1.35. The summed E-state index contributed by atoms with van der Waals surface area (Å²) in [6.07, 6.45) is 1.01. The van der Waals surface area contributed by atoms with Gasteiger partial charge in [0.25, 0.3) is 0 Å². The van der Waals surface area contributed by atoms with Crippen LogP contribution in [0, 0.1) is 5.92 Å². The predicted molar refractivity (Wildman–Crippen MR) is 87.3 cm³/mol. The first-order valence-electron chi connectivity index (χ1n) is 8.14. The standard InChI is InChI=1S/C18H28N2O/c1-5-13(2)17(16-9-7-6-8-10-16)18(21)20-14(3)11-19-12-15(20)4/h6-10,13-15,17,19H,5,11-12H2,1-4H3. The first kappa shape index (κ1) is 16.0. The molecule has 1 saturated heterocycles. The highest BCUT2D eigenvalue weighted by Gasteiger charge is 2.35. The van der Waals surface area contributed by atoms with Crippen LogP contribution in [-0.4, -0.2) is 36.0 Å². The largest absolute Gasteiger partial charge is 0.334 e. The fourth-order valence-electron chi connectivity index (χ4n) is 3.34. The second kappa shape index (κ2) is 7.08. The van der Waals surface area contributed by atoms with Gasteiger partial charge in [-0.15, -0.1) is 0 Å². The van der Waals surface area contributed by atoms with Crippen molar-refractivity contribution in [3.05, 3.63) is 35.9 Å². The lowest BCUT2D eigenvalue weighted by molar-refractivity contribution is -0.139. The summed E-state index contributed by atoms with van der Waals surface area (Å²) >= 11 is 0. The van der Waals surface area contributed by atoms with Crippen molar-refractivity contribution in [3.63, 3.8) is 0 Å². The summed E-state index contributed by atoms with van der Waals surface area (Å²) in [5.74, 6) is 0.616.